The molecular formula is C15H14BrCl2NO. The van der Waals surface area contributed by atoms with Gasteiger partial charge in [-0.3, -0.25) is 0 Å². The van der Waals surface area contributed by atoms with Crippen molar-refractivity contribution in [3.63, 3.8) is 0 Å². The molecule has 1 atom stereocenters. The minimum absolute atomic E-state index is 0.0343. The van der Waals surface area contributed by atoms with Crippen molar-refractivity contribution in [1.82, 2.24) is 0 Å². The Balaban J connectivity index is 2.23. The third kappa shape index (κ3) is 3.40. The summed E-state index contributed by atoms with van der Waals surface area (Å²) in [6.07, 6.45) is 0. The molecule has 2 nitrogen and oxygen atoms in total. The number of anilines is 1. The van der Waals surface area contributed by atoms with E-state index in [4.69, 9.17) is 27.9 Å². The van der Waals surface area contributed by atoms with Gasteiger partial charge in [-0.2, -0.15) is 0 Å². The summed E-state index contributed by atoms with van der Waals surface area (Å²) < 4.78 is 6.20. The molecule has 0 bridgehead atoms. The molecule has 1 unspecified atom stereocenters. The van der Waals surface area contributed by atoms with Crippen LogP contribution in [0.5, 0.6) is 5.75 Å². The van der Waals surface area contributed by atoms with E-state index in [1.54, 1.807) is 13.2 Å². The molecule has 0 spiro atoms. The van der Waals surface area contributed by atoms with E-state index < -0.39 is 0 Å². The van der Waals surface area contributed by atoms with Crippen LogP contribution < -0.4 is 10.1 Å². The molecule has 20 heavy (non-hydrogen) atoms. The van der Waals surface area contributed by atoms with E-state index in [9.17, 15) is 0 Å². The van der Waals surface area contributed by atoms with E-state index in [1.165, 1.54) is 0 Å². The van der Waals surface area contributed by atoms with Crippen LogP contribution in [0.15, 0.2) is 40.9 Å². The van der Waals surface area contributed by atoms with Crippen molar-refractivity contribution < 1.29 is 4.74 Å². The van der Waals surface area contributed by atoms with Gasteiger partial charge < -0.3 is 10.1 Å². The standard InChI is InChI=1S/C15H14BrCl2NO/c1-9(11-4-3-5-13(17)15(11)18)19-10-6-7-12(16)14(8-10)20-2/h3-9,19H,1-2H3. The summed E-state index contributed by atoms with van der Waals surface area (Å²) in [5.74, 6) is 0.777. The highest BCUT2D eigenvalue weighted by atomic mass is 79.9. The molecule has 106 valence electrons. The van der Waals surface area contributed by atoms with Gasteiger partial charge in [0.25, 0.3) is 0 Å². The van der Waals surface area contributed by atoms with Crippen molar-refractivity contribution in [3.05, 3.63) is 56.5 Å². The van der Waals surface area contributed by atoms with Gasteiger partial charge >= 0.3 is 0 Å². The molecule has 0 aliphatic rings. The molecule has 5 heteroatoms. The summed E-state index contributed by atoms with van der Waals surface area (Å²) in [5, 5.41) is 4.53. The molecule has 0 aliphatic heterocycles. The maximum Gasteiger partial charge on any atom is 0.135 e. The molecular weight excluding hydrogens is 361 g/mol. The Kier molecular flexibility index (Phi) is 5.19. The van der Waals surface area contributed by atoms with Gasteiger partial charge in [-0.25, -0.2) is 0 Å². The fraction of sp³-hybridized carbons (Fsp3) is 0.200. The first-order valence-electron chi connectivity index (χ1n) is 6.07. The van der Waals surface area contributed by atoms with Gasteiger partial charge in [0.1, 0.15) is 5.75 Å². The molecule has 2 aromatic carbocycles. The minimum Gasteiger partial charge on any atom is -0.495 e. The molecule has 0 heterocycles. The number of methoxy groups -OCH3 is 1. The van der Waals surface area contributed by atoms with Crippen molar-refractivity contribution in [2.75, 3.05) is 12.4 Å². The lowest BCUT2D eigenvalue weighted by Gasteiger charge is -2.18. The van der Waals surface area contributed by atoms with Crippen LogP contribution in [0.3, 0.4) is 0 Å². The van der Waals surface area contributed by atoms with Gasteiger partial charge in [0.05, 0.1) is 27.7 Å². The Morgan fingerprint density at radius 3 is 2.65 bits per heavy atom. The summed E-state index contributed by atoms with van der Waals surface area (Å²) in [6.45, 7) is 2.03. The Labute approximate surface area is 137 Å². The van der Waals surface area contributed by atoms with Crippen LogP contribution in [0.25, 0.3) is 0 Å². The molecule has 0 aliphatic carbocycles. The van der Waals surface area contributed by atoms with E-state index in [2.05, 4.69) is 21.2 Å². The monoisotopic (exact) mass is 373 g/mol. The Morgan fingerprint density at radius 2 is 1.95 bits per heavy atom. The van der Waals surface area contributed by atoms with Gasteiger partial charge in [0.2, 0.25) is 0 Å². The number of rotatable bonds is 4. The molecule has 0 aromatic heterocycles. The van der Waals surface area contributed by atoms with Crippen molar-refractivity contribution in [2.45, 2.75) is 13.0 Å². The first-order valence-corrected chi connectivity index (χ1v) is 7.61. The van der Waals surface area contributed by atoms with Gasteiger partial charge in [-0.05, 0) is 46.6 Å². The topological polar surface area (TPSA) is 21.3 Å². The van der Waals surface area contributed by atoms with E-state index in [1.807, 2.05) is 37.3 Å². The molecule has 2 rings (SSSR count). The van der Waals surface area contributed by atoms with Gasteiger partial charge in [0.15, 0.2) is 0 Å². The second-order valence-electron chi connectivity index (χ2n) is 4.36. The Bertz CT molecular complexity index is 619. The lowest BCUT2D eigenvalue weighted by molar-refractivity contribution is 0.412. The highest BCUT2D eigenvalue weighted by Crippen LogP contribution is 2.33. The molecule has 0 saturated heterocycles. The molecule has 2 aromatic rings. The second-order valence-corrected chi connectivity index (χ2v) is 6.00. The van der Waals surface area contributed by atoms with Crippen LogP contribution >= 0.6 is 39.1 Å². The van der Waals surface area contributed by atoms with Crippen LogP contribution in [0.1, 0.15) is 18.5 Å². The lowest BCUT2D eigenvalue weighted by Crippen LogP contribution is -2.07. The molecule has 0 saturated carbocycles. The predicted octanol–water partition coefficient (Wildman–Crippen LogP) is 5.94. The molecule has 0 radical (unpaired) electrons. The summed E-state index contributed by atoms with van der Waals surface area (Å²) >= 11 is 15.7. The highest BCUT2D eigenvalue weighted by Gasteiger charge is 2.12. The predicted molar refractivity (Wildman–Crippen MR) is 89.2 cm³/mol. The van der Waals surface area contributed by atoms with Crippen LogP contribution in [-0.2, 0) is 0 Å². The van der Waals surface area contributed by atoms with Crippen LogP contribution in [-0.4, -0.2) is 7.11 Å². The number of benzene rings is 2. The average molecular weight is 375 g/mol. The van der Waals surface area contributed by atoms with Gasteiger partial charge in [0, 0.05) is 11.8 Å². The first-order chi connectivity index (χ1) is 9.52. The van der Waals surface area contributed by atoms with E-state index in [0.29, 0.717) is 10.0 Å². The molecule has 0 amide bonds. The van der Waals surface area contributed by atoms with Crippen molar-refractivity contribution in [1.29, 1.82) is 0 Å². The SMILES string of the molecule is COc1cc(NC(C)c2cccc(Cl)c2Cl)ccc1Br. The summed E-state index contributed by atoms with van der Waals surface area (Å²) in [5.41, 5.74) is 1.91. The molecule has 1 N–H and O–H groups in total. The number of hydrogen-bond donors (Lipinski definition) is 1. The van der Waals surface area contributed by atoms with Crippen molar-refractivity contribution >= 4 is 44.8 Å². The van der Waals surface area contributed by atoms with Gasteiger partial charge in [-0.1, -0.05) is 35.3 Å². The zero-order valence-electron chi connectivity index (χ0n) is 11.1. The average Bonchev–Trinajstić information content (AvgIpc) is 2.43. The van der Waals surface area contributed by atoms with Crippen LogP contribution in [0.4, 0.5) is 5.69 Å². The van der Waals surface area contributed by atoms with Crippen molar-refractivity contribution in [3.8, 4) is 5.75 Å². The number of hydrogen-bond acceptors (Lipinski definition) is 2. The third-order valence-electron chi connectivity index (χ3n) is 2.98. The number of nitrogens with one attached hydrogen (secondary N) is 1. The van der Waals surface area contributed by atoms with Crippen LogP contribution in [0, 0.1) is 0 Å². The largest absolute Gasteiger partial charge is 0.495 e. The third-order valence-corrected chi connectivity index (χ3v) is 4.47. The van der Waals surface area contributed by atoms with Crippen molar-refractivity contribution in [2.24, 2.45) is 0 Å². The smallest absolute Gasteiger partial charge is 0.135 e. The van der Waals surface area contributed by atoms with Crippen LogP contribution in [0.2, 0.25) is 10.0 Å². The quantitative estimate of drug-likeness (QED) is 0.715. The fourth-order valence-corrected chi connectivity index (χ4v) is 2.81. The minimum atomic E-state index is 0.0343. The van der Waals surface area contributed by atoms with E-state index >= 15 is 0 Å². The number of ether oxygens (including phenoxy) is 1. The molecule has 0 fully saturated rings. The fourth-order valence-electron chi connectivity index (χ4n) is 1.93. The Hall–Kier alpha value is -0.900. The zero-order chi connectivity index (χ0) is 14.7. The maximum absolute atomic E-state index is 6.23. The Morgan fingerprint density at radius 1 is 1.20 bits per heavy atom. The van der Waals surface area contributed by atoms with E-state index in [0.717, 1.165) is 21.5 Å². The van der Waals surface area contributed by atoms with E-state index in [-0.39, 0.29) is 6.04 Å². The lowest BCUT2D eigenvalue weighted by atomic mass is 10.1. The zero-order valence-corrected chi connectivity index (χ0v) is 14.2. The number of halogens is 3. The summed E-state index contributed by atoms with van der Waals surface area (Å²) in [7, 11) is 1.64. The first kappa shape index (κ1) is 15.5. The normalized spacial score (nSPS) is 12.1. The van der Waals surface area contributed by atoms with Gasteiger partial charge in [-0.15, -0.1) is 0 Å². The second kappa shape index (κ2) is 6.70. The summed E-state index contributed by atoms with van der Waals surface area (Å²) in [4.78, 5) is 0. The highest BCUT2D eigenvalue weighted by molar-refractivity contribution is 9.10. The summed E-state index contributed by atoms with van der Waals surface area (Å²) in [6, 6.07) is 11.5. The maximum atomic E-state index is 6.23.